The first-order valence-corrected chi connectivity index (χ1v) is 7.07. The van der Waals surface area contributed by atoms with E-state index in [1.165, 1.54) is 0 Å². The van der Waals surface area contributed by atoms with E-state index in [4.69, 9.17) is 25.8 Å². The Morgan fingerprint density at radius 3 is 2.30 bits per heavy atom. The van der Waals surface area contributed by atoms with Crippen LogP contribution >= 0.6 is 11.6 Å². The Labute approximate surface area is 125 Å². The van der Waals surface area contributed by atoms with Gasteiger partial charge in [0.1, 0.15) is 5.75 Å². The Morgan fingerprint density at radius 1 is 1.05 bits per heavy atom. The number of methoxy groups -OCH3 is 1. The molecule has 0 heterocycles. The number of phenols is 1. The fourth-order valence-corrected chi connectivity index (χ4v) is 2.10. The number of hydrogen-bond donors (Lipinski definition) is 1. The second kappa shape index (κ2) is 9.19. The molecular weight excluding hydrogens is 280 g/mol. The molecule has 0 aromatic heterocycles. The van der Waals surface area contributed by atoms with Gasteiger partial charge in [-0.05, 0) is 37.5 Å². The van der Waals surface area contributed by atoms with Gasteiger partial charge in [0.25, 0.3) is 0 Å². The highest BCUT2D eigenvalue weighted by molar-refractivity contribution is 6.32. The third-order valence-corrected chi connectivity index (χ3v) is 3.67. The Kier molecular flexibility index (Phi) is 7.92. The SMILES string of the molecule is COCCOCCOCCc1c(O)cc(C)c(Cl)c1C. The summed E-state index contributed by atoms with van der Waals surface area (Å²) in [6.07, 6.45) is 0.635. The number of rotatable bonds is 9. The summed E-state index contributed by atoms with van der Waals surface area (Å²) in [4.78, 5) is 0. The Morgan fingerprint density at radius 2 is 1.65 bits per heavy atom. The predicted molar refractivity (Wildman–Crippen MR) is 79.8 cm³/mol. The minimum Gasteiger partial charge on any atom is -0.508 e. The number of phenolic OH excluding ortho intramolecular Hbond substituents is 1. The molecule has 0 aliphatic rings. The van der Waals surface area contributed by atoms with Crippen LogP contribution in [0.15, 0.2) is 6.07 Å². The molecule has 0 amide bonds. The zero-order valence-electron chi connectivity index (χ0n) is 12.4. The normalized spacial score (nSPS) is 11.0. The fraction of sp³-hybridized carbons (Fsp3) is 0.600. The van der Waals surface area contributed by atoms with Crippen molar-refractivity contribution in [3.63, 3.8) is 0 Å². The molecule has 0 bridgehead atoms. The van der Waals surface area contributed by atoms with Crippen LogP contribution in [-0.4, -0.2) is 45.3 Å². The topological polar surface area (TPSA) is 47.9 Å². The van der Waals surface area contributed by atoms with Gasteiger partial charge in [-0.3, -0.25) is 0 Å². The molecule has 1 rings (SSSR count). The molecule has 5 heteroatoms. The van der Waals surface area contributed by atoms with Gasteiger partial charge >= 0.3 is 0 Å². The van der Waals surface area contributed by atoms with Crippen molar-refractivity contribution in [2.75, 3.05) is 40.1 Å². The second-order valence-electron chi connectivity index (χ2n) is 4.60. The summed E-state index contributed by atoms with van der Waals surface area (Å²) in [5, 5.41) is 10.7. The number of hydrogen-bond acceptors (Lipinski definition) is 4. The van der Waals surface area contributed by atoms with E-state index in [0.29, 0.717) is 44.5 Å². The lowest BCUT2D eigenvalue weighted by atomic mass is 10.0. The van der Waals surface area contributed by atoms with Crippen LogP contribution in [-0.2, 0) is 20.6 Å². The summed E-state index contributed by atoms with van der Waals surface area (Å²) in [5.74, 6) is 0.282. The minimum absolute atomic E-state index is 0.282. The second-order valence-corrected chi connectivity index (χ2v) is 4.98. The molecule has 0 saturated heterocycles. The van der Waals surface area contributed by atoms with E-state index < -0.39 is 0 Å². The van der Waals surface area contributed by atoms with Crippen LogP contribution in [0.1, 0.15) is 16.7 Å². The molecule has 1 aromatic rings. The number of aromatic hydroxyl groups is 1. The maximum Gasteiger partial charge on any atom is 0.119 e. The largest absolute Gasteiger partial charge is 0.508 e. The molecule has 1 N–H and O–H groups in total. The summed E-state index contributed by atoms with van der Waals surface area (Å²) in [7, 11) is 1.64. The average Bonchev–Trinajstić information content (AvgIpc) is 2.42. The van der Waals surface area contributed by atoms with Gasteiger partial charge in [-0.25, -0.2) is 0 Å². The summed E-state index contributed by atoms with van der Waals surface area (Å²) >= 11 is 6.18. The molecule has 4 nitrogen and oxygen atoms in total. The van der Waals surface area contributed by atoms with Gasteiger partial charge < -0.3 is 19.3 Å². The maximum atomic E-state index is 9.94. The van der Waals surface area contributed by atoms with Crippen molar-refractivity contribution in [3.8, 4) is 5.75 Å². The number of halogens is 1. The van der Waals surface area contributed by atoms with Crippen LogP contribution < -0.4 is 0 Å². The number of benzene rings is 1. The van der Waals surface area contributed by atoms with E-state index in [9.17, 15) is 5.11 Å². The van der Waals surface area contributed by atoms with Crippen molar-refractivity contribution >= 4 is 11.6 Å². The maximum absolute atomic E-state index is 9.94. The highest BCUT2D eigenvalue weighted by atomic mass is 35.5. The molecule has 0 atom stereocenters. The van der Waals surface area contributed by atoms with Crippen molar-refractivity contribution in [2.24, 2.45) is 0 Å². The van der Waals surface area contributed by atoms with E-state index in [1.807, 2.05) is 13.8 Å². The number of aryl methyl sites for hydroxylation is 1. The van der Waals surface area contributed by atoms with Gasteiger partial charge in [0.05, 0.1) is 33.0 Å². The Balaban J connectivity index is 2.31. The van der Waals surface area contributed by atoms with Crippen LogP contribution in [0, 0.1) is 13.8 Å². The monoisotopic (exact) mass is 302 g/mol. The third-order valence-electron chi connectivity index (χ3n) is 3.09. The molecule has 0 aliphatic carbocycles. The number of ether oxygens (including phenoxy) is 3. The quantitative estimate of drug-likeness (QED) is 0.713. The molecule has 0 aliphatic heterocycles. The summed E-state index contributed by atoms with van der Waals surface area (Å²) in [6.45, 7) is 6.57. The van der Waals surface area contributed by atoms with E-state index in [1.54, 1.807) is 13.2 Å². The van der Waals surface area contributed by atoms with Gasteiger partial charge in [0.2, 0.25) is 0 Å². The predicted octanol–water partition coefficient (Wildman–Crippen LogP) is 2.88. The average molecular weight is 303 g/mol. The van der Waals surface area contributed by atoms with E-state index in [0.717, 1.165) is 16.7 Å². The van der Waals surface area contributed by atoms with Gasteiger partial charge in [-0.2, -0.15) is 0 Å². The molecule has 20 heavy (non-hydrogen) atoms. The van der Waals surface area contributed by atoms with E-state index >= 15 is 0 Å². The summed E-state index contributed by atoms with van der Waals surface area (Å²) in [5.41, 5.74) is 2.66. The molecule has 0 spiro atoms. The van der Waals surface area contributed by atoms with Crippen LogP contribution in [0.3, 0.4) is 0 Å². The van der Waals surface area contributed by atoms with Crippen molar-refractivity contribution in [1.29, 1.82) is 0 Å². The van der Waals surface area contributed by atoms with Gasteiger partial charge in [0.15, 0.2) is 0 Å². The molecule has 1 aromatic carbocycles. The third kappa shape index (κ3) is 5.29. The van der Waals surface area contributed by atoms with Gasteiger partial charge in [-0.15, -0.1) is 0 Å². The van der Waals surface area contributed by atoms with Crippen LogP contribution in [0.4, 0.5) is 0 Å². The molecule has 114 valence electrons. The first-order chi connectivity index (χ1) is 9.57. The molecule has 0 fully saturated rings. The Hall–Kier alpha value is -0.810. The minimum atomic E-state index is 0.282. The van der Waals surface area contributed by atoms with E-state index in [-0.39, 0.29) is 5.75 Å². The highest BCUT2D eigenvalue weighted by Crippen LogP contribution is 2.31. The fourth-order valence-electron chi connectivity index (χ4n) is 1.93. The molecule has 0 saturated carbocycles. The first kappa shape index (κ1) is 17.2. The van der Waals surface area contributed by atoms with Crippen molar-refractivity contribution in [3.05, 3.63) is 27.8 Å². The van der Waals surface area contributed by atoms with Crippen molar-refractivity contribution in [2.45, 2.75) is 20.3 Å². The zero-order chi connectivity index (χ0) is 15.0. The smallest absolute Gasteiger partial charge is 0.119 e. The van der Waals surface area contributed by atoms with Gasteiger partial charge in [-0.1, -0.05) is 11.6 Å². The van der Waals surface area contributed by atoms with E-state index in [2.05, 4.69) is 0 Å². The van der Waals surface area contributed by atoms with Crippen molar-refractivity contribution in [1.82, 2.24) is 0 Å². The lowest BCUT2D eigenvalue weighted by Gasteiger charge is -2.12. The summed E-state index contributed by atoms with van der Waals surface area (Å²) < 4.78 is 15.6. The molecule has 0 unspecified atom stereocenters. The van der Waals surface area contributed by atoms with Crippen LogP contribution in [0.5, 0.6) is 5.75 Å². The molecular formula is C15H23ClO4. The first-order valence-electron chi connectivity index (χ1n) is 6.70. The highest BCUT2D eigenvalue weighted by Gasteiger charge is 2.11. The lowest BCUT2D eigenvalue weighted by molar-refractivity contribution is 0.0255. The van der Waals surface area contributed by atoms with Crippen LogP contribution in [0.25, 0.3) is 0 Å². The Bertz CT molecular complexity index is 421. The van der Waals surface area contributed by atoms with Crippen molar-refractivity contribution < 1.29 is 19.3 Å². The summed E-state index contributed by atoms with van der Waals surface area (Å²) in [6, 6.07) is 1.69. The standard InChI is InChI=1S/C15H23ClO4/c1-11-10-14(17)13(12(2)15(11)16)4-5-19-8-9-20-7-6-18-3/h10,17H,4-9H2,1-3H3. The lowest BCUT2D eigenvalue weighted by Crippen LogP contribution is -2.10. The van der Waals surface area contributed by atoms with Crippen LogP contribution in [0.2, 0.25) is 5.02 Å². The van der Waals surface area contributed by atoms with Gasteiger partial charge in [0, 0.05) is 17.7 Å². The molecule has 0 radical (unpaired) electrons. The zero-order valence-corrected chi connectivity index (χ0v) is 13.1.